The fourth-order valence-corrected chi connectivity index (χ4v) is 5.61. The Morgan fingerprint density at radius 2 is 1.64 bits per heavy atom. The molecule has 186 valence electrons. The first-order chi connectivity index (χ1) is 15.5. The lowest BCUT2D eigenvalue weighted by atomic mass is 9.96. The monoisotopic (exact) mass is 557 g/mol. The summed E-state index contributed by atoms with van der Waals surface area (Å²) in [5.74, 6) is 0. The van der Waals surface area contributed by atoms with E-state index < -0.39 is 16.1 Å². The molecule has 10 heteroatoms. The second kappa shape index (κ2) is 11.3. The van der Waals surface area contributed by atoms with E-state index in [-0.39, 0.29) is 18.4 Å². The van der Waals surface area contributed by atoms with Gasteiger partial charge in [0, 0.05) is 34.9 Å². The molecule has 0 aliphatic heterocycles. The van der Waals surface area contributed by atoms with Crippen LogP contribution in [-0.2, 0) is 34.3 Å². The summed E-state index contributed by atoms with van der Waals surface area (Å²) in [4.78, 5) is 13.4. The number of nitrogens with zero attached hydrogens (tertiary/aromatic N) is 3. The molecule has 2 aromatic rings. The number of fused-ring (bicyclic) bond motifs is 1. The van der Waals surface area contributed by atoms with Gasteiger partial charge in [-0.15, -0.1) is 0 Å². The van der Waals surface area contributed by atoms with Gasteiger partial charge in [-0.05, 0) is 47.3 Å². The predicted octanol–water partition coefficient (Wildman–Crippen LogP) is 5.65. The molecule has 0 spiro atoms. The summed E-state index contributed by atoms with van der Waals surface area (Å²) >= 11 is 3.73. The molecule has 0 saturated heterocycles. The molecule has 7 nitrogen and oxygen atoms in total. The van der Waals surface area contributed by atoms with E-state index in [0.717, 1.165) is 40.6 Å². The Bertz CT molecular complexity index is 991. The number of hydrogen-bond acceptors (Lipinski definition) is 5. The summed E-state index contributed by atoms with van der Waals surface area (Å²) in [6.07, 6.45) is 5.43. The zero-order valence-electron chi connectivity index (χ0n) is 21.1. The van der Waals surface area contributed by atoms with E-state index in [4.69, 9.17) is 14.2 Å². The van der Waals surface area contributed by atoms with Crippen LogP contribution in [0.25, 0.3) is 10.9 Å². The Hall–Kier alpha value is -0.786. The highest BCUT2D eigenvalue weighted by Crippen LogP contribution is 2.31. The molecule has 0 amide bonds. The molecule has 0 bridgehead atoms. The third-order valence-electron chi connectivity index (χ3n) is 6.04. The summed E-state index contributed by atoms with van der Waals surface area (Å²) in [6.45, 7) is 16.3. The van der Waals surface area contributed by atoms with Crippen molar-refractivity contribution < 1.29 is 14.2 Å². The van der Waals surface area contributed by atoms with Crippen molar-refractivity contribution >= 4 is 43.0 Å². The average molecular weight is 559 g/mol. The van der Waals surface area contributed by atoms with Crippen molar-refractivity contribution in [2.24, 2.45) is 0 Å². The maximum atomic E-state index is 13.4. The van der Waals surface area contributed by atoms with Gasteiger partial charge in [0.1, 0.15) is 13.5 Å². The zero-order chi connectivity index (χ0) is 24.2. The lowest BCUT2D eigenvalue weighted by Gasteiger charge is -2.25. The van der Waals surface area contributed by atoms with Gasteiger partial charge in [0.05, 0.1) is 34.4 Å². The smallest absolute Gasteiger partial charge is 0.278 e. The molecule has 2 heterocycles. The van der Waals surface area contributed by atoms with E-state index in [1.807, 2.05) is 4.57 Å². The van der Waals surface area contributed by atoms with Gasteiger partial charge >= 0.3 is 0 Å². The third kappa shape index (κ3) is 7.60. The molecule has 0 unspecified atom stereocenters. The van der Waals surface area contributed by atoms with Crippen molar-refractivity contribution in [1.29, 1.82) is 0 Å². The maximum absolute atomic E-state index is 13.4. The molecular weight excluding hydrogens is 518 g/mol. The molecule has 0 atom stereocenters. The first-order valence-electron chi connectivity index (χ1n) is 12.0. The molecule has 1 aliphatic rings. The lowest BCUT2D eigenvalue weighted by molar-refractivity contribution is -0.00867. The third-order valence-corrected chi connectivity index (χ3v) is 10.4. The van der Waals surface area contributed by atoms with E-state index in [1.165, 1.54) is 11.1 Å². The fourth-order valence-electron chi connectivity index (χ4n) is 3.49. The first-order valence-corrected chi connectivity index (χ1v) is 20.2. The summed E-state index contributed by atoms with van der Waals surface area (Å²) in [5.41, 5.74) is 1.49. The fraction of sp³-hybridized carbons (Fsp3) is 0.739. The molecule has 1 fully saturated rings. The van der Waals surface area contributed by atoms with E-state index >= 15 is 0 Å². The van der Waals surface area contributed by atoms with Gasteiger partial charge < -0.3 is 18.8 Å². The van der Waals surface area contributed by atoms with Crippen LogP contribution >= 0.6 is 15.9 Å². The summed E-state index contributed by atoms with van der Waals surface area (Å²) in [5, 5.41) is 5.04. The van der Waals surface area contributed by atoms with Gasteiger partial charge in [-0.2, -0.15) is 5.10 Å². The Kier molecular flexibility index (Phi) is 9.18. The number of ether oxygens (including phenoxy) is 3. The molecule has 0 aromatic carbocycles. The van der Waals surface area contributed by atoms with Crippen molar-refractivity contribution in [2.45, 2.75) is 96.8 Å². The van der Waals surface area contributed by atoms with Gasteiger partial charge in [0.15, 0.2) is 0 Å². The predicted molar refractivity (Wildman–Crippen MR) is 142 cm³/mol. The highest BCUT2D eigenvalue weighted by atomic mass is 79.9. The SMILES string of the molecule is C[Si](C)(C)CCOCn1ncc2c(c(COC3CCC3)c(Br)n2COCC[Si](C)(C)C)c1=O. The van der Waals surface area contributed by atoms with Crippen molar-refractivity contribution in [2.75, 3.05) is 13.2 Å². The van der Waals surface area contributed by atoms with Gasteiger partial charge in [0.2, 0.25) is 0 Å². The molecule has 33 heavy (non-hydrogen) atoms. The molecule has 2 aromatic heterocycles. The molecule has 3 rings (SSSR count). The van der Waals surface area contributed by atoms with Crippen LogP contribution in [0.5, 0.6) is 0 Å². The quantitative estimate of drug-likeness (QED) is 0.235. The van der Waals surface area contributed by atoms with Crippen molar-refractivity contribution in [3.05, 3.63) is 26.7 Å². The number of aromatic nitrogens is 3. The topological polar surface area (TPSA) is 67.5 Å². The van der Waals surface area contributed by atoms with Gasteiger partial charge in [-0.3, -0.25) is 4.79 Å². The first kappa shape index (κ1) is 26.8. The highest BCUT2D eigenvalue weighted by molar-refractivity contribution is 9.10. The van der Waals surface area contributed by atoms with Crippen LogP contribution in [0.3, 0.4) is 0 Å². The van der Waals surface area contributed by atoms with Crippen molar-refractivity contribution in [3.8, 4) is 0 Å². The summed E-state index contributed by atoms with van der Waals surface area (Å²) in [7, 11) is -2.35. The average Bonchev–Trinajstić information content (AvgIpc) is 2.93. The zero-order valence-corrected chi connectivity index (χ0v) is 24.7. The van der Waals surface area contributed by atoms with Crippen molar-refractivity contribution in [1.82, 2.24) is 14.3 Å². The van der Waals surface area contributed by atoms with Crippen LogP contribution in [0.1, 0.15) is 24.8 Å². The maximum Gasteiger partial charge on any atom is 0.278 e. The van der Waals surface area contributed by atoms with E-state index in [2.05, 4.69) is 60.3 Å². The van der Waals surface area contributed by atoms with Gasteiger partial charge in [0.25, 0.3) is 5.56 Å². The van der Waals surface area contributed by atoms with Crippen molar-refractivity contribution in [3.63, 3.8) is 0 Å². The summed E-state index contributed by atoms with van der Waals surface area (Å²) < 4.78 is 22.1. The highest BCUT2D eigenvalue weighted by Gasteiger charge is 2.24. The Balaban J connectivity index is 1.82. The minimum Gasteiger partial charge on any atom is -0.373 e. The molecular formula is C23H40BrN3O4Si2. The molecule has 0 N–H and O–H groups in total. The standard InChI is InChI=1S/C23H40BrN3O4Si2/c1-32(2,3)12-10-29-16-26-20-14-25-27(17-30-11-13-33(4,5)6)23(28)21(20)19(22(26)24)15-31-18-8-7-9-18/h14,18H,7-13,15-17H2,1-6H3. The molecule has 1 saturated carbocycles. The second-order valence-corrected chi connectivity index (χ2v) is 23.5. The Morgan fingerprint density at radius 3 is 2.18 bits per heavy atom. The van der Waals surface area contributed by atoms with E-state index in [0.29, 0.717) is 31.9 Å². The minimum absolute atomic E-state index is 0.144. The van der Waals surface area contributed by atoms with Crippen LogP contribution in [0.2, 0.25) is 51.4 Å². The van der Waals surface area contributed by atoms with Crippen LogP contribution < -0.4 is 5.56 Å². The van der Waals surface area contributed by atoms with Gasteiger partial charge in [-0.1, -0.05) is 39.3 Å². The molecule has 0 radical (unpaired) electrons. The van der Waals surface area contributed by atoms with E-state index in [9.17, 15) is 4.79 Å². The minimum atomic E-state index is -1.18. The van der Waals surface area contributed by atoms with Gasteiger partial charge in [-0.25, -0.2) is 4.68 Å². The number of rotatable bonds is 13. The van der Waals surface area contributed by atoms with Crippen LogP contribution in [0, 0.1) is 0 Å². The Labute approximate surface area is 207 Å². The molecule has 1 aliphatic carbocycles. The number of halogens is 1. The lowest BCUT2D eigenvalue weighted by Crippen LogP contribution is -2.27. The normalized spacial score (nSPS) is 15.4. The van der Waals surface area contributed by atoms with Crippen LogP contribution in [0.4, 0.5) is 0 Å². The number of hydrogen-bond donors (Lipinski definition) is 0. The summed E-state index contributed by atoms with van der Waals surface area (Å²) in [6, 6.07) is 2.16. The van der Waals surface area contributed by atoms with Crippen LogP contribution in [-0.4, -0.2) is 49.8 Å². The second-order valence-electron chi connectivity index (χ2n) is 11.5. The largest absolute Gasteiger partial charge is 0.373 e. The van der Waals surface area contributed by atoms with E-state index in [1.54, 1.807) is 6.20 Å². The Morgan fingerprint density at radius 1 is 1.03 bits per heavy atom. The van der Waals surface area contributed by atoms with Crippen LogP contribution in [0.15, 0.2) is 15.6 Å².